The Morgan fingerprint density at radius 1 is 0.558 bits per heavy atom. The summed E-state index contributed by atoms with van der Waals surface area (Å²) in [5.41, 5.74) is 17.1. The zero-order valence-electron chi connectivity index (χ0n) is 51.3. The van der Waals surface area contributed by atoms with Crippen LogP contribution in [0.15, 0.2) is 129 Å². The number of aromatic carboxylic acids is 1. The number of hydrogen-bond donors (Lipinski definition) is 7. The normalized spacial score (nSPS) is 15.4. The molecule has 0 aromatic heterocycles. The molecule has 0 bridgehead atoms. The van der Waals surface area contributed by atoms with E-state index >= 15 is 0 Å². The first-order valence-corrected chi connectivity index (χ1v) is 33.6. The Bertz CT molecular complexity index is 3970. The molecule has 498 valence electrons. The second-order valence-electron chi connectivity index (χ2n) is 22.4. The molecule has 4 atom stereocenters. The van der Waals surface area contributed by atoms with Crippen molar-refractivity contribution in [1.29, 1.82) is 0 Å². The topological polar surface area (TPSA) is 309 Å². The number of rotatable bonds is 23. The highest BCUT2D eigenvalue weighted by atomic mass is 127. The molecule has 95 heavy (non-hydrogen) atoms. The van der Waals surface area contributed by atoms with Crippen LogP contribution in [0.1, 0.15) is 126 Å². The van der Waals surface area contributed by atoms with Crippen LogP contribution in [-0.2, 0) is 45.1 Å². The van der Waals surface area contributed by atoms with E-state index in [2.05, 4.69) is 58.5 Å². The Labute approximate surface area is 580 Å². The number of alkyl halides is 3. The van der Waals surface area contributed by atoms with Gasteiger partial charge in [-0.1, -0.05) is 118 Å². The van der Waals surface area contributed by atoms with Gasteiger partial charge in [-0.3, -0.25) is 48.7 Å². The Kier molecular flexibility index (Phi) is 28.2. The van der Waals surface area contributed by atoms with Gasteiger partial charge in [-0.25, -0.2) is 18.4 Å². The molecule has 6 aromatic rings. The molecule has 2 unspecified atom stereocenters. The quantitative estimate of drug-likeness (QED) is 0.0233. The molecule has 19 nitrogen and oxygen atoms in total. The molecule has 26 heteroatoms. The Morgan fingerprint density at radius 2 is 0.989 bits per heavy atom. The van der Waals surface area contributed by atoms with E-state index in [9.17, 15) is 52.2 Å². The van der Waals surface area contributed by atoms with Crippen molar-refractivity contribution >= 4 is 140 Å². The first-order chi connectivity index (χ1) is 45.5. The average molecular weight is 1490 g/mol. The predicted molar refractivity (Wildman–Crippen MR) is 374 cm³/mol. The van der Waals surface area contributed by atoms with Crippen LogP contribution in [0.25, 0.3) is 22.3 Å². The Balaban J connectivity index is 0.000000219. The lowest BCUT2D eigenvalue weighted by molar-refractivity contribution is -0.140. The maximum atomic E-state index is 13.4. The number of hydrogen-bond acceptors (Lipinski definition) is 13. The molecule has 0 radical (unpaired) electrons. The number of aliphatic imine (C=N–C) groups is 4. The third-order valence-electron chi connectivity index (χ3n) is 15.4. The number of carboxylic acid groups (broad SMARTS) is 3. The van der Waals surface area contributed by atoms with E-state index in [0.717, 1.165) is 61.5 Å². The number of Topliss-reactive ketones (excluding diaryl/α,β-unsaturated/α-hetero) is 2. The highest BCUT2D eigenvalue weighted by molar-refractivity contribution is 14.1. The number of carbonyl (C=O) groups excluding carboxylic acids is 5. The second-order valence-corrected chi connectivity index (χ2v) is 24.0. The molecular weight excluding hydrogens is 1420 g/mol. The third-order valence-corrected chi connectivity index (χ3v) is 16.6. The van der Waals surface area contributed by atoms with Gasteiger partial charge in [0.2, 0.25) is 0 Å². The first kappa shape index (κ1) is 74.3. The van der Waals surface area contributed by atoms with Crippen molar-refractivity contribution < 1.29 is 62.5 Å². The van der Waals surface area contributed by atoms with E-state index < -0.39 is 59.9 Å². The second kappa shape index (κ2) is 36.1. The van der Waals surface area contributed by atoms with Gasteiger partial charge in [0.1, 0.15) is 24.4 Å². The summed E-state index contributed by atoms with van der Waals surface area (Å²) >= 11 is 27.0. The van der Waals surface area contributed by atoms with Gasteiger partial charge in [0.05, 0.1) is 70.5 Å². The van der Waals surface area contributed by atoms with Crippen molar-refractivity contribution in [2.45, 2.75) is 102 Å². The number of fused-ring (bicyclic) bond motifs is 2. The SMILES string of the molecule is CI.N[C@@H](CCC(=O)CNC(=O)c1cccc(CC2=NCC(F)CC2)c1)C(=O)O.O=C(CC[C@H](NC(=O)c1c(Cl)cc(-c2ccc3c(c2)CN=C3)cc1Cl)C(=O)O)CNC(=O)c1cccc(CC2=NCC(F)CC2)c1.O=C(O)c1c(Cl)cc(-c2ccc3c(c2)CN=C3)cc1Cl. The minimum Gasteiger partial charge on any atom is -0.480 e. The van der Waals surface area contributed by atoms with Gasteiger partial charge in [0, 0.05) is 60.7 Å². The van der Waals surface area contributed by atoms with Gasteiger partial charge >= 0.3 is 17.9 Å². The summed E-state index contributed by atoms with van der Waals surface area (Å²) in [6.07, 6.45) is 4.65. The number of amides is 3. The summed E-state index contributed by atoms with van der Waals surface area (Å²) < 4.78 is 26.5. The third kappa shape index (κ3) is 22.0. The summed E-state index contributed by atoms with van der Waals surface area (Å²) in [5, 5.41) is 35.3. The number of carboxylic acids is 3. The molecule has 4 aliphatic rings. The van der Waals surface area contributed by atoms with E-state index in [4.69, 9.17) is 62.4 Å². The Morgan fingerprint density at radius 3 is 1.39 bits per heavy atom. The van der Waals surface area contributed by atoms with Crippen LogP contribution in [0.2, 0.25) is 20.1 Å². The molecule has 3 amide bonds. The van der Waals surface area contributed by atoms with E-state index in [1.165, 1.54) is 0 Å². The zero-order valence-corrected chi connectivity index (χ0v) is 56.5. The maximum absolute atomic E-state index is 13.4. The van der Waals surface area contributed by atoms with Crippen molar-refractivity contribution in [1.82, 2.24) is 16.0 Å². The molecule has 0 saturated carbocycles. The van der Waals surface area contributed by atoms with E-state index in [1.807, 2.05) is 59.7 Å². The summed E-state index contributed by atoms with van der Waals surface area (Å²) in [5.74, 6) is -5.97. The molecule has 0 aliphatic carbocycles. The van der Waals surface area contributed by atoms with E-state index in [0.29, 0.717) is 68.3 Å². The van der Waals surface area contributed by atoms with Gasteiger partial charge in [-0.15, -0.1) is 0 Å². The number of nitrogens with two attached hydrogens (primary N) is 1. The van der Waals surface area contributed by atoms with Crippen molar-refractivity contribution in [2.24, 2.45) is 25.7 Å². The lowest BCUT2D eigenvalue weighted by Crippen LogP contribution is -2.41. The van der Waals surface area contributed by atoms with Crippen molar-refractivity contribution in [2.75, 3.05) is 31.1 Å². The molecule has 10 rings (SSSR count). The fraction of sp³-hybridized carbons (Fsp3) is 0.304. The predicted octanol–water partition coefficient (Wildman–Crippen LogP) is 12.3. The molecule has 8 N–H and O–H groups in total. The van der Waals surface area contributed by atoms with Crippen molar-refractivity contribution in [3.63, 3.8) is 0 Å². The molecule has 0 spiro atoms. The minimum absolute atomic E-state index is 0.0107. The average Bonchev–Trinajstić information content (AvgIpc) is 1.72. The highest BCUT2D eigenvalue weighted by Crippen LogP contribution is 2.35. The molecular formula is C69H67Cl4F2IN8O11. The number of aliphatic carboxylic acids is 2. The van der Waals surface area contributed by atoms with Gasteiger partial charge in [0.25, 0.3) is 17.7 Å². The van der Waals surface area contributed by atoms with Gasteiger partial charge < -0.3 is 37.0 Å². The van der Waals surface area contributed by atoms with E-state index in [1.54, 1.807) is 66.9 Å². The van der Waals surface area contributed by atoms with Crippen LogP contribution in [0.4, 0.5) is 8.78 Å². The fourth-order valence-corrected chi connectivity index (χ4v) is 11.6. The Hall–Kier alpha value is -8.13. The molecule has 0 fully saturated rings. The van der Waals surface area contributed by atoms with Gasteiger partial charge in [-0.2, -0.15) is 0 Å². The number of ketones is 2. The van der Waals surface area contributed by atoms with Crippen LogP contribution >= 0.6 is 69.0 Å². The highest BCUT2D eigenvalue weighted by Gasteiger charge is 2.26. The lowest BCUT2D eigenvalue weighted by atomic mass is 9.99. The molecule has 6 aromatic carbocycles. The van der Waals surface area contributed by atoms with Crippen LogP contribution < -0.4 is 21.7 Å². The fourth-order valence-electron chi connectivity index (χ4n) is 10.3. The molecule has 0 saturated heterocycles. The number of nitrogens with zero attached hydrogens (tertiary/aromatic N) is 4. The first-order valence-electron chi connectivity index (χ1n) is 30.0. The smallest absolute Gasteiger partial charge is 0.338 e. The maximum Gasteiger partial charge on any atom is 0.338 e. The van der Waals surface area contributed by atoms with Crippen LogP contribution in [0.3, 0.4) is 0 Å². The minimum atomic E-state index is -1.40. The monoisotopic (exact) mass is 1490 g/mol. The lowest BCUT2D eigenvalue weighted by Gasteiger charge is -2.16. The van der Waals surface area contributed by atoms with Crippen LogP contribution in [0, 0.1) is 0 Å². The van der Waals surface area contributed by atoms with E-state index in [-0.39, 0.29) is 94.8 Å². The van der Waals surface area contributed by atoms with Crippen molar-refractivity contribution in [3.05, 3.63) is 185 Å². The summed E-state index contributed by atoms with van der Waals surface area (Å²) in [4.78, 5) is 115. The standard InChI is InChI=1S/C34H31Cl2FN4O5.C19H24FN3O4.C15H9Cl2NO2.CH3I/c35-28-13-23(20-4-5-22-15-38-16-24(22)12-20)14-29(36)31(28)33(44)41-30(34(45)46)9-8-27(42)18-40-32(43)21-3-1-2-19(10-21)11-26-7-6-25(37)17-39-26;20-14-4-5-15(22-10-14)9-12-2-1-3-13(8-12)18(25)23-11-16(24)6-7-17(21)19(26)27;16-12-4-10(5-13(17)14(12)15(19)20)8-1-2-9-6-18-7-11(9)3-8;1-2/h1-5,10,12-15,25,30H,6-9,11,16-18H2,(H,40,43)(H,41,44)(H,45,46);1-3,8,14,17H,4-7,9-11,21H2,(H,23,25)(H,26,27);1-6H,7H2,(H,19,20);1H3/t25?,30-;14?,17-;;/m00../s1. The van der Waals surface area contributed by atoms with Crippen molar-refractivity contribution in [3.8, 4) is 22.3 Å². The number of halogens is 7. The van der Waals surface area contributed by atoms with Crippen LogP contribution in [0.5, 0.6) is 0 Å². The number of benzene rings is 6. The zero-order chi connectivity index (χ0) is 68.9. The summed E-state index contributed by atoms with van der Waals surface area (Å²) in [7, 11) is 0. The van der Waals surface area contributed by atoms with Gasteiger partial charge in [0.15, 0.2) is 11.6 Å². The summed E-state index contributed by atoms with van der Waals surface area (Å²) in [6.45, 7) is 1.10. The largest absolute Gasteiger partial charge is 0.480 e. The summed E-state index contributed by atoms with van der Waals surface area (Å²) in [6, 6.07) is 29.5. The number of nitrogens with one attached hydrogen (secondary N) is 3. The van der Waals surface area contributed by atoms with Crippen LogP contribution in [-0.4, -0.2) is 142 Å². The number of carbonyl (C=O) groups is 8. The molecule has 4 heterocycles. The molecule has 4 aliphatic heterocycles. The van der Waals surface area contributed by atoms with Gasteiger partial charge in [-0.05, 0) is 160 Å².